The van der Waals surface area contributed by atoms with Gasteiger partial charge in [0.15, 0.2) is 0 Å². The zero-order chi connectivity index (χ0) is 13.8. The van der Waals surface area contributed by atoms with E-state index in [2.05, 4.69) is 4.74 Å². The molecule has 6 nitrogen and oxygen atoms in total. The summed E-state index contributed by atoms with van der Waals surface area (Å²) in [5, 5.41) is 0. The molecule has 1 amide bonds. The van der Waals surface area contributed by atoms with Crippen molar-refractivity contribution in [2.45, 2.75) is 0 Å². The Bertz CT molecular complexity index is 472. The van der Waals surface area contributed by atoms with Crippen LogP contribution in [0.3, 0.4) is 0 Å². The number of nitrogens with two attached hydrogens (primary N) is 1. The number of benzene rings is 1. The van der Waals surface area contributed by atoms with E-state index in [9.17, 15) is 9.59 Å². The van der Waals surface area contributed by atoms with Crippen LogP contribution in [0, 0.1) is 5.92 Å². The highest BCUT2D eigenvalue weighted by atomic mass is 16.6. The molecule has 0 spiro atoms. The summed E-state index contributed by atoms with van der Waals surface area (Å²) in [6.45, 7) is 1.34. The molecule has 0 aliphatic carbocycles. The van der Waals surface area contributed by atoms with Gasteiger partial charge in [-0.2, -0.15) is 0 Å². The molecule has 1 aromatic carbocycles. The van der Waals surface area contributed by atoms with Gasteiger partial charge in [-0.15, -0.1) is 0 Å². The van der Waals surface area contributed by atoms with Crippen LogP contribution in [-0.2, 0) is 9.47 Å². The molecule has 0 radical (unpaired) electrons. The molecule has 0 bridgehead atoms. The van der Waals surface area contributed by atoms with Gasteiger partial charge in [0.1, 0.15) is 0 Å². The van der Waals surface area contributed by atoms with E-state index in [-0.39, 0.29) is 5.92 Å². The fourth-order valence-electron chi connectivity index (χ4n) is 1.90. The second-order valence-corrected chi connectivity index (χ2v) is 4.33. The normalized spacial score (nSPS) is 18.9. The van der Waals surface area contributed by atoms with Gasteiger partial charge in [0.05, 0.1) is 19.3 Å². The van der Waals surface area contributed by atoms with Gasteiger partial charge in [0.25, 0.3) is 0 Å². The molecule has 2 rings (SSSR count). The van der Waals surface area contributed by atoms with Gasteiger partial charge in [0.2, 0.25) is 0 Å². The maximum absolute atomic E-state index is 11.7. The molecule has 1 fully saturated rings. The number of esters is 1. The molecule has 1 unspecified atom stereocenters. The summed E-state index contributed by atoms with van der Waals surface area (Å²) >= 11 is 0. The standard InChI is InChI=1S/C13H16N2O4/c1-18-12(16)10-2-4-11(5-3-10)15-7-9(6-14)8-19-13(15)17/h2-5,9H,6-8,14H2,1H3. The summed E-state index contributed by atoms with van der Waals surface area (Å²) in [5.41, 5.74) is 6.71. The van der Waals surface area contributed by atoms with Gasteiger partial charge in [0, 0.05) is 24.7 Å². The van der Waals surface area contributed by atoms with Crippen LogP contribution in [0.1, 0.15) is 10.4 Å². The SMILES string of the molecule is COC(=O)c1ccc(N2CC(CN)COC2=O)cc1. The molecular formula is C13H16N2O4. The third-order valence-corrected chi connectivity index (χ3v) is 3.04. The maximum Gasteiger partial charge on any atom is 0.414 e. The first-order valence-corrected chi connectivity index (χ1v) is 5.98. The summed E-state index contributed by atoms with van der Waals surface area (Å²) in [7, 11) is 1.32. The number of amides is 1. The number of ether oxygens (including phenoxy) is 2. The Morgan fingerprint density at radius 2 is 2.16 bits per heavy atom. The van der Waals surface area contributed by atoms with Gasteiger partial charge in [-0.3, -0.25) is 4.90 Å². The van der Waals surface area contributed by atoms with Crippen molar-refractivity contribution in [1.29, 1.82) is 0 Å². The van der Waals surface area contributed by atoms with Crippen molar-refractivity contribution in [3.63, 3.8) is 0 Å². The molecule has 6 heteroatoms. The van der Waals surface area contributed by atoms with Crippen molar-refractivity contribution in [1.82, 2.24) is 0 Å². The fraction of sp³-hybridized carbons (Fsp3) is 0.385. The summed E-state index contributed by atoms with van der Waals surface area (Å²) in [4.78, 5) is 24.5. The van der Waals surface area contributed by atoms with Crippen LogP contribution >= 0.6 is 0 Å². The van der Waals surface area contributed by atoms with Crippen molar-refractivity contribution in [2.24, 2.45) is 11.7 Å². The number of cyclic esters (lactones) is 1. The lowest BCUT2D eigenvalue weighted by Gasteiger charge is -2.31. The minimum Gasteiger partial charge on any atom is -0.465 e. The number of hydrogen-bond acceptors (Lipinski definition) is 5. The van der Waals surface area contributed by atoms with Crippen molar-refractivity contribution in [3.05, 3.63) is 29.8 Å². The molecular weight excluding hydrogens is 248 g/mol. The predicted octanol–water partition coefficient (Wildman–Crippen LogP) is 1.00. The monoisotopic (exact) mass is 264 g/mol. The first kappa shape index (κ1) is 13.4. The third kappa shape index (κ3) is 2.85. The quantitative estimate of drug-likeness (QED) is 0.824. The zero-order valence-electron chi connectivity index (χ0n) is 10.7. The number of hydrogen-bond donors (Lipinski definition) is 1. The van der Waals surface area contributed by atoms with E-state index in [1.54, 1.807) is 24.3 Å². The van der Waals surface area contributed by atoms with E-state index in [0.29, 0.717) is 30.9 Å². The summed E-state index contributed by atoms with van der Waals surface area (Å²) in [6, 6.07) is 6.60. The number of rotatable bonds is 3. The topological polar surface area (TPSA) is 81.9 Å². The molecule has 1 aromatic rings. The summed E-state index contributed by atoms with van der Waals surface area (Å²) in [5.74, 6) is -0.286. The van der Waals surface area contributed by atoms with Crippen LogP contribution in [0.5, 0.6) is 0 Å². The molecule has 1 atom stereocenters. The zero-order valence-corrected chi connectivity index (χ0v) is 10.7. The van der Waals surface area contributed by atoms with Crippen molar-refractivity contribution in [3.8, 4) is 0 Å². The van der Waals surface area contributed by atoms with E-state index in [1.165, 1.54) is 12.0 Å². The molecule has 1 heterocycles. The van der Waals surface area contributed by atoms with Crippen LogP contribution < -0.4 is 10.6 Å². The van der Waals surface area contributed by atoms with Gasteiger partial charge in [-0.25, -0.2) is 9.59 Å². The van der Waals surface area contributed by atoms with Crippen LogP contribution in [0.4, 0.5) is 10.5 Å². The minimum atomic E-state index is -0.410. The van der Waals surface area contributed by atoms with Crippen LogP contribution in [0.2, 0.25) is 0 Å². The Hall–Kier alpha value is -2.08. The number of carbonyl (C=O) groups is 2. The maximum atomic E-state index is 11.7. The Morgan fingerprint density at radius 1 is 1.47 bits per heavy atom. The molecule has 0 aromatic heterocycles. The highest BCUT2D eigenvalue weighted by Crippen LogP contribution is 2.21. The number of methoxy groups -OCH3 is 1. The largest absolute Gasteiger partial charge is 0.465 e. The average Bonchev–Trinajstić information content (AvgIpc) is 2.47. The first-order valence-electron chi connectivity index (χ1n) is 5.98. The second kappa shape index (κ2) is 5.71. The predicted molar refractivity (Wildman–Crippen MR) is 69.0 cm³/mol. The Morgan fingerprint density at radius 3 is 2.74 bits per heavy atom. The Labute approximate surface area is 111 Å². The minimum absolute atomic E-state index is 0.123. The van der Waals surface area contributed by atoms with E-state index < -0.39 is 12.1 Å². The van der Waals surface area contributed by atoms with Crippen molar-refractivity contribution >= 4 is 17.7 Å². The second-order valence-electron chi connectivity index (χ2n) is 4.33. The molecule has 1 saturated heterocycles. The molecule has 1 aliphatic heterocycles. The molecule has 2 N–H and O–H groups in total. The van der Waals surface area contributed by atoms with E-state index in [0.717, 1.165) is 0 Å². The smallest absolute Gasteiger partial charge is 0.414 e. The third-order valence-electron chi connectivity index (χ3n) is 3.04. The van der Waals surface area contributed by atoms with Crippen LogP contribution in [-0.4, -0.2) is 38.9 Å². The lowest BCUT2D eigenvalue weighted by Crippen LogP contribution is -2.45. The van der Waals surface area contributed by atoms with Crippen LogP contribution in [0.15, 0.2) is 24.3 Å². The van der Waals surface area contributed by atoms with Crippen molar-refractivity contribution < 1.29 is 19.1 Å². The molecule has 1 aliphatic rings. The van der Waals surface area contributed by atoms with Gasteiger partial charge in [-0.05, 0) is 24.3 Å². The summed E-state index contributed by atoms with van der Waals surface area (Å²) < 4.78 is 9.68. The van der Waals surface area contributed by atoms with Crippen molar-refractivity contribution in [2.75, 3.05) is 31.7 Å². The number of nitrogens with zero attached hydrogens (tertiary/aromatic N) is 1. The highest BCUT2D eigenvalue weighted by Gasteiger charge is 2.27. The number of carbonyl (C=O) groups excluding carboxylic acids is 2. The Kier molecular flexibility index (Phi) is 4.01. The molecule has 102 valence electrons. The van der Waals surface area contributed by atoms with E-state index in [4.69, 9.17) is 10.5 Å². The molecule has 0 saturated carbocycles. The first-order chi connectivity index (χ1) is 9.15. The highest BCUT2D eigenvalue weighted by molar-refractivity contribution is 5.92. The number of anilines is 1. The van der Waals surface area contributed by atoms with Gasteiger partial charge >= 0.3 is 12.1 Å². The molecule has 19 heavy (non-hydrogen) atoms. The van der Waals surface area contributed by atoms with Gasteiger partial charge < -0.3 is 15.2 Å². The van der Waals surface area contributed by atoms with Gasteiger partial charge in [-0.1, -0.05) is 0 Å². The van der Waals surface area contributed by atoms with E-state index >= 15 is 0 Å². The lowest BCUT2D eigenvalue weighted by atomic mass is 10.1. The summed E-state index contributed by atoms with van der Waals surface area (Å²) in [6.07, 6.45) is -0.393. The average molecular weight is 264 g/mol. The fourth-order valence-corrected chi connectivity index (χ4v) is 1.90. The van der Waals surface area contributed by atoms with E-state index in [1.807, 2.05) is 0 Å². The Balaban J connectivity index is 2.16. The van der Waals surface area contributed by atoms with Crippen LogP contribution in [0.25, 0.3) is 0 Å². The lowest BCUT2D eigenvalue weighted by molar-refractivity contribution is 0.0600.